The highest BCUT2D eigenvalue weighted by atomic mass is 35.5. The van der Waals surface area contributed by atoms with Crippen LogP contribution in [0.3, 0.4) is 0 Å². The maximum absolute atomic E-state index is 6.15. The number of ether oxygens (including phenoxy) is 1. The summed E-state index contributed by atoms with van der Waals surface area (Å²) in [6.45, 7) is 2.25. The summed E-state index contributed by atoms with van der Waals surface area (Å²) in [6, 6.07) is 14.2. The molecule has 156 valence electrons. The molecular formula is C24H27ClN4O. The molecule has 3 atom stereocenters. The maximum Gasteiger partial charge on any atom is 0.154 e. The van der Waals surface area contributed by atoms with Crippen molar-refractivity contribution in [2.75, 3.05) is 12.4 Å². The molecule has 1 aliphatic rings. The van der Waals surface area contributed by atoms with Gasteiger partial charge in [-0.1, -0.05) is 36.7 Å². The zero-order chi connectivity index (χ0) is 21.1. The topological polar surface area (TPSA) is 73.1 Å². The first kappa shape index (κ1) is 20.6. The van der Waals surface area contributed by atoms with Crippen molar-refractivity contribution >= 4 is 40.5 Å². The van der Waals surface area contributed by atoms with Crippen molar-refractivity contribution in [1.29, 1.82) is 0 Å². The van der Waals surface area contributed by atoms with Crippen LogP contribution in [0.2, 0.25) is 5.02 Å². The predicted octanol–water partition coefficient (Wildman–Crippen LogP) is 5.39. The fourth-order valence-electron chi connectivity index (χ4n) is 4.01. The maximum atomic E-state index is 6.15. The molecule has 0 spiro atoms. The number of nitrogens with one attached hydrogen (secondary N) is 1. The Morgan fingerprint density at radius 3 is 2.63 bits per heavy atom. The van der Waals surface area contributed by atoms with Crippen LogP contribution >= 0.6 is 11.6 Å². The molecule has 0 amide bonds. The molecule has 1 aromatic heterocycles. The lowest BCUT2D eigenvalue weighted by Crippen LogP contribution is -2.39. The normalized spacial score (nSPS) is 21.8. The summed E-state index contributed by atoms with van der Waals surface area (Å²) in [5, 5.41) is 5.35. The number of nitrogens with zero attached hydrogens (tertiary/aromatic N) is 2. The smallest absolute Gasteiger partial charge is 0.154 e. The summed E-state index contributed by atoms with van der Waals surface area (Å²) < 4.78 is 5.42. The Bertz CT molecular complexity index is 1050. The van der Waals surface area contributed by atoms with Gasteiger partial charge in [-0.25, -0.2) is 9.97 Å². The van der Waals surface area contributed by atoms with E-state index in [4.69, 9.17) is 32.0 Å². The van der Waals surface area contributed by atoms with E-state index in [-0.39, 0.29) is 6.04 Å². The number of halogens is 1. The molecule has 0 aliphatic heterocycles. The third-order valence-electron chi connectivity index (χ3n) is 5.75. The Morgan fingerprint density at radius 1 is 1.10 bits per heavy atom. The van der Waals surface area contributed by atoms with E-state index < -0.39 is 0 Å². The fourth-order valence-corrected chi connectivity index (χ4v) is 4.14. The first-order valence-electron chi connectivity index (χ1n) is 10.3. The zero-order valence-corrected chi connectivity index (χ0v) is 18.1. The number of fused-ring (bicyclic) bond motifs is 1. The van der Waals surface area contributed by atoms with Gasteiger partial charge in [0, 0.05) is 22.5 Å². The van der Waals surface area contributed by atoms with E-state index in [1.54, 1.807) is 7.11 Å². The minimum absolute atomic E-state index is 0.290. The quantitative estimate of drug-likeness (QED) is 0.576. The molecule has 0 bridgehead atoms. The van der Waals surface area contributed by atoms with Gasteiger partial charge in [-0.05, 0) is 67.2 Å². The molecule has 5 nitrogen and oxygen atoms in total. The van der Waals surface area contributed by atoms with Crippen molar-refractivity contribution in [3.05, 3.63) is 58.9 Å². The fraction of sp³-hybridized carbons (Fsp3) is 0.333. The summed E-state index contributed by atoms with van der Waals surface area (Å²) >= 11 is 5.98. The van der Waals surface area contributed by atoms with E-state index in [1.807, 2.05) is 54.6 Å². The largest absolute Gasteiger partial charge is 0.497 e. The number of rotatable bonds is 5. The molecule has 3 unspecified atom stereocenters. The summed E-state index contributed by atoms with van der Waals surface area (Å²) in [4.78, 5) is 9.56. The Morgan fingerprint density at radius 2 is 1.90 bits per heavy atom. The standard InChI is InChI=1S/C24H27ClN4O/c1-15-13-18(26)8-10-21(15)28-24-20-14-19(30-2)9-11-22(20)27-23(29-24)12-5-16-3-6-17(25)7-4-16/h3-7,9,11-12,14-15,18,21H,8,10,13,26H2,1-2H3,(H,27,28,29)/b12-5+. The van der Waals surface area contributed by atoms with Crippen LogP contribution in [0.1, 0.15) is 37.6 Å². The van der Waals surface area contributed by atoms with Crippen LogP contribution in [0.25, 0.3) is 23.1 Å². The van der Waals surface area contributed by atoms with Gasteiger partial charge in [-0.2, -0.15) is 0 Å². The van der Waals surface area contributed by atoms with Crippen LogP contribution in [0.15, 0.2) is 42.5 Å². The highest BCUT2D eigenvalue weighted by Crippen LogP contribution is 2.30. The number of anilines is 1. The molecule has 30 heavy (non-hydrogen) atoms. The number of nitrogens with two attached hydrogens (primary N) is 1. The minimum Gasteiger partial charge on any atom is -0.497 e. The Kier molecular flexibility index (Phi) is 6.21. The first-order chi connectivity index (χ1) is 14.5. The van der Waals surface area contributed by atoms with Gasteiger partial charge in [0.25, 0.3) is 0 Å². The second-order valence-corrected chi connectivity index (χ2v) is 8.44. The molecule has 6 heteroatoms. The molecule has 2 aromatic carbocycles. The van der Waals surface area contributed by atoms with Crippen LogP contribution in [0, 0.1) is 5.92 Å². The second kappa shape index (κ2) is 9.02. The summed E-state index contributed by atoms with van der Waals surface area (Å²) in [7, 11) is 1.67. The number of benzene rings is 2. The van der Waals surface area contributed by atoms with Crippen LogP contribution in [-0.4, -0.2) is 29.2 Å². The van der Waals surface area contributed by atoms with E-state index in [0.717, 1.165) is 52.3 Å². The average molecular weight is 423 g/mol. The van der Waals surface area contributed by atoms with Crippen LogP contribution in [0.4, 0.5) is 5.82 Å². The molecule has 1 heterocycles. The number of hydrogen-bond donors (Lipinski definition) is 2. The SMILES string of the molecule is COc1ccc2nc(/C=C/c3ccc(Cl)cc3)nc(NC3CCC(N)CC3C)c2c1. The van der Waals surface area contributed by atoms with E-state index in [0.29, 0.717) is 17.8 Å². The molecule has 4 rings (SSSR count). The molecule has 0 radical (unpaired) electrons. The van der Waals surface area contributed by atoms with Crippen molar-refractivity contribution in [1.82, 2.24) is 9.97 Å². The lowest BCUT2D eigenvalue weighted by molar-refractivity contribution is 0.314. The Balaban J connectivity index is 1.69. The van der Waals surface area contributed by atoms with E-state index in [2.05, 4.69) is 12.2 Å². The Hall–Kier alpha value is -2.63. The number of methoxy groups -OCH3 is 1. The van der Waals surface area contributed by atoms with Crippen molar-refractivity contribution in [3.8, 4) is 5.75 Å². The van der Waals surface area contributed by atoms with Crippen LogP contribution in [0.5, 0.6) is 5.75 Å². The van der Waals surface area contributed by atoms with Crippen molar-refractivity contribution < 1.29 is 4.74 Å². The molecule has 0 saturated heterocycles. The third-order valence-corrected chi connectivity index (χ3v) is 6.00. The predicted molar refractivity (Wildman–Crippen MR) is 125 cm³/mol. The molecule has 1 fully saturated rings. The van der Waals surface area contributed by atoms with Crippen LogP contribution < -0.4 is 15.8 Å². The van der Waals surface area contributed by atoms with Crippen LogP contribution in [-0.2, 0) is 0 Å². The van der Waals surface area contributed by atoms with Gasteiger partial charge in [-0.15, -0.1) is 0 Å². The monoisotopic (exact) mass is 422 g/mol. The van der Waals surface area contributed by atoms with Gasteiger partial charge in [-0.3, -0.25) is 0 Å². The highest BCUT2D eigenvalue weighted by molar-refractivity contribution is 6.30. The summed E-state index contributed by atoms with van der Waals surface area (Å²) in [6.07, 6.45) is 7.00. The third kappa shape index (κ3) is 4.74. The Labute approximate surface area is 182 Å². The number of aromatic nitrogens is 2. The molecule has 1 aliphatic carbocycles. The van der Waals surface area contributed by atoms with Crippen molar-refractivity contribution in [2.45, 2.75) is 38.3 Å². The molecule has 1 saturated carbocycles. The molecular weight excluding hydrogens is 396 g/mol. The lowest BCUT2D eigenvalue weighted by atomic mass is 9.83. The van der Waals surface area contributed by atoms with Gasteiger partial charge < -0.3 is 15.8 Å². The summed E-state index contributed by atoms with van der Waals surface area (Å²) in [5.74, 6) is 2.77. The van der Waals surface area contributed by atoms with E-state index in [1.165, 1.54) is 0 Å². The minimum atomic E-state index is 0.290. The number of hydrogen-bond acceptors (Lipinski definition) is 5. The van der Waals surface area contributed by atoms with Gasteiger partial charge in [0.1, 0.15) is 11.6 Å². The van der Waals surface area contributed by atoms with Gasteiger partial charge in [0.15, 0.2) is 5.82 Å². The first-order valence-corrected chi connectivity index (χ1v) is 10.7. The van der Waals surface area contributed by atoms with Crippen molar-refractivity contribution in [2.24, 2.45) is 11.7 Å². The average Bonchev–Trinajstić information content (AvgIpc) is 2.75. The lowest BCUT2D eigenvalue weighted by Gasteiger charge is -2.33. The van der Waals surface area contributed by atoms with E-state index in [9.17, 15) is 0 Å². The van der Waals surface area contributed by atoms with Gasteiger partial charge in [0.2, 0.25) is 0 Å². The second-order valence-electron chi connectivity index (χ2n) is 8.00. The van der Waals surface area contributed by atoms with E-state index >= 15 is 0 Å². The summed E-state index contributed by atoms with van der Waals surface area (Å²) in [5.41, 5.74) is 8.07. The van der Waals surface area contributed by atoms with Gasteiger partial charge >= 0.3 is 0 Å². The van der Waals surface area contributed by atoms with Gasteiger partial charge in [0.05, 0.1) is 12.6 Å². The van der Waals surface area contributed by atoms with Crippen molar-refractivity contribution in [3.63, 3.8) is 0 Å². The molecule has 3 N–H and O–H groups in total. The molecule has 3 aromatic rings. The zero-order valence-electron chi connectivity index (χ0n) is 17.3. The highest BCUT2D eigenvalue weighted by Gasteiger charge is 2.26.